The van der Waals surface area contributed by atoms with Crippen LogP contribution in [0.15, 0.2) is 35.3 Å². The minimum absolute atomic E-state index is 0.254. The van der Waals surface area contributed by atoms with Crippen molar-refractivity contribution in [2.45, 2.75) is 0 Å². The summed E-state index contributed by atoms with van der Waals surface area (Å²) in [4.78, 5) is 4.15. The molecule has 0 unspecified atom stereocenters. The molecule has 0 amide bonds. The lowest BCUT2D eigenvalue weighted by molar-refractivity contribution is 0.627. The van der Waals surface area contributed by atoms with E-state index >= 15 is 0 Å². The summed E-state index contributed by atoms with van der Waals surface area (Å²) in [5.41, 5.74) is 7.10. The maximum atomic E-state index is 12.9. The van der Waals surface area contributed by atoms with E-state index < -0.39 is 0 Å². The Hall–Kier alpha value is -1.29. The molecule has 1 aliphatic heterocycles. The monoisotopic (exact) mass is 208 g/mol. The lowest BCUT2D eigenvalue weighted by Gasteiger charge is -2.08. The van der Waals surface area contributed by atoms with Crippen LogP contribution in [0.1, 0.15) is 5.56 Å². The highest BCUT2D eigenvalue weighted by Gasteiger charge is 2.07. The van der Waals surface area contributed by atoms with E-state index in [1.54, 1.807) is 6.07 Å². The normalized spacial score (nSPS) is 16.1. The van der Waals surface area contributed by atoms with E-state index in [1.165, 1.54) is 23.9 Å². The van der Waals surface area contributed by atoms with Crippen molar-refractivity contribution in [1.29, 1.82) is 0 Å². The summed E-state index contributed by atoms with van der Waals surface area (Å²) in [7, 11) is 0. The molecule has 0 saturated carbocycles. The quantitative estimate of drug-likeness (QED) is 0.768. The number of rotatable bonds is 1. The third-order valence-electron chi connectivity index (χ3n) is 1.86. The van der Waals surface area contributed by atoms with E-state index in [1.807, 2.05) is 12.1 Å². The first-order valence-corrected chi connectivity index (χ1v) is 5.17. The van der Waals surface area contributed by atoms with Gasteiger partial charge in [0.25, 0.3) is 0 Å². The van der Waals surface area contributed by atoms with Gasteiger partial charge in [-0.1, -0.05) is 23.9 Å². The number of benzene rings is 1. The van der Waals surface area contributed by atoms with Crippen LogP contribution < -0.4 is 5.73 Å². The molecule has 4 heteroatoms. The molecule has 1 aromatic rings. The highest BCUT2D eigenvalue weighted by Crippen LogP contribution is 2.22. The minimum Gasteiger partial charge on any atom is -0.378 e. The van der Waals surface area contributed by atoms with Crippen LogP contribution in [0.5, 0.6) is 0 Å². The van der Waals surface area contributed by atoms with Gasteiger partial charge in [0.2, 0.25) is 0 Å². The second-order valence-corrected chi connectivity index (χ2v) is 3.90. The molecule has 1 heterocycles. The standard InChI is InChI=1S/C10H9FN2S/c11-8-3-1-2-7(6-8)9-4-5-14-10(12)13-9/h1-4,6H,5H2,(H2,12,13). The second-order valence-electron chi connectivity index (χ2n) is 2.86. The molecule has 0 bridgehead atoms. The Morgan fingerprint density at radius 2 is 2.29 bits per heavy atom. The van der Waals surface area contributed by atoms with Crippen LogP contribution in [0.2, 0.25) is 0 Å². The molecule has 1 aliphatic rings. The van der Waals surface area contributed by atoms with Crippen LogP contribution in [0.4, 0.5) is 4.39 Å². The Morgan fingerprint density at radius 3 is 3.00 bits per heavy atom. The maximum absolute atomic E-state index is 12.9. The Labute approximate surface area is 85.7 Å². The van der Waals surface area contributed by atoms with E-state index in [4.69, 9.17) is 5.73 Å². The van der Waals surface area contributed by atoms with E-state index in [0.29, 0.717) is 5.17 Å². The molecule has 0 radical (unpaired) electrons. The topological polar surface area (TPSA) is 38.4 Å². The fourth-order valence-electron chi connectivity index (χ4n) is 1.23. The number of amidine groups is 1. The predicted octanol–water partition coefficient (Wildman–Crippen LogP) is 2.23. The summed E-state index contributed by atoms with van der Waals surface area (Å²) < 4.78 is 12.9. The predicted molar refractivity (Wildman–Crippen MR) is 58.5 cm³/mol. The van der Waals surface area contributed by atoms with Crippen LogP contribution in [0.3, 0.4) is 0 Å². The largest absolute Gasteiger partial charge is 0.378 e. The smallest absolute Gasteiger partial charge is 0.159 e. The number of hydrogen-bond donors (Lipinski definition) is 1. The third-order valence-corrected chi connectivity index (χ3v) is 2.58. The van der Waals surface area contributed by atoms with Gasteiger partial charge in [0.15, 0.2) is 5.17 Å². The number of halogens is 1. The lowest BCUT2D eigenvalue weighted by atomic mass is 10.1. The summed E-state index contributed by atoms with van der Waals surface area (Å²) in [6.45, 7) is 0. The van der Waals surface area contributed by atoms with E-state index in [2.05, 4.69) is 4.99 Å². The Bertz CT molecular complexity index is 412. The van der Waals surface area contributed by atoms with Crippen LogP contribution in [-0.4, -0.2) is 10.9 Å². The van der Waals surface area contributed by atoms with E-state index in [9.17, 15) is 4.39 Å². The molecule has 0 fully saturated rings. The fourth-order valence-corrected chi connectivity index (χ4v) is 1.81. The highest BCUT2D eigenvalue weighted by atomic mass is 32.2. The molecular formula is C10H9FN2S. The molecule has 2 rings (SSSR count). The first-order chi connectivity index (χ1) is 6.75. The summed E-state index contributed by atoms with van der Waals surface area (Å²) in [5.74, 6) is 0.539. The van der Waals surface area contributed by atoms with Gasteiger partial charge in [0.1, 0.15) is 5.82 Å². The van der Waals surface area contributed by atoms with E-state index in [-0.39, 0.29) is 5.82 Å². The average Bonchev–Trinajstić information content (AvgIpc) is 2.18. The number of hydrogen-bond acceptors (Lipinski definition) is 3. The summed E-state index contributed by atoms with van der Waals surface area (Å²) >= 11 is 1.48. The number of nitrogens with two attached hydrogens (primary N) is 1. The molecular weight excluding hydrogens is 199 g/mol. The maximum Gasteiger partial charge on any atom is 0.159 e. The molecule has 0 atom stereocenters. The van der Waals surface area contributed by atoms with E-state index in [0.717, 1.165) is 17.0 Å². The Balaban J connectivity index is 2.36. The average molecular weight is 208 g/mol. The van der Waals surface area contributed by atoms with Gasteiger partial charge in [-0.3, -0.25) is 0 Å². The molecule has 0 aliphatic carbocycles. The SMILES string of the molecule is NC1=NC(c2cccc(F)c2)=CCS1. The van der Waals surface area contributed by atoms with Crippen molar-refractivity contribution in [3.63, 3.8) is 0 Å². The van der Waals surface area contributed by atoms with Crippen LogP contribution in [-0.2, 0) is 0 Å². The third kappa shape index (κ3) is 1.96. The van der Waals surface area contributed by atoms with Crippen molar-refractivity contribution in [3.8, 4) is 0 Å². The second kappa shape index (κ2) is 3.84. The summed E-state index contributed by atoms with van der Waals surface area (Å²) in [5, 5.41) is 0.534. The molecule has 1 aromatic carbocycles. The molecule has 14 heavy (non-hydrogen) atoms. The molecule has 0 spiro atoms. The summed E-state index contributed by atoms with van der Waals surface area (Å²) in [6.07, 6.45) is 1.94. The first kappa shape index (κ1) is 9.27. The molecule has 0 saturated heterocycles. The number of thioether (sulfide) groups is 1. The summed E-state index contributed by atoms with van der Waals surface area (Å²) in [6, 6.07) is 6.36. The van der Waals surface area contributed by atoms with Gasteiger partial charge in [0, 0.05) is 11.3 Å². The fraction of sp³-hybridized carbons (Fsp3) is 0.100. The molecule has 2 nitrogen and oxygen atoms in total. The van der Waals surface area contributed by atoms with Crippen molar-refractivity contribution in [3.05, 3.63) is 41.7 Å². The van der Waals surface area contributed by atoms with Gasteiger partial charge in [-0.05, 0) is 18.2 Å². The number of aliphatic imine (C=N–C) groups is 1. The highest BCUT2D eigenvalue weighted by molar-refractivity contribution is 8.14. The zero-order chi connectivity index (χ0) is 9.97. The molecule has 0 aromatic heterocycles. The van der Waals surface area contributed by atoms with Crippen molar-refractivity contribution < 1.29 is 4.39 Å². The zero-order valence-electron chi connectivity index (χ0n) is 7.40. The minimum atomic E-state index is -0.254. The first-order valence-electron chi connectivity index (χ1n) is 4.19. The number of nitrogens with zero attached hydrogens (tertiary/aromatic N) is 1. The van der Waals surface area contributed by atoms with Gasteiger partial charge in [-0.25, -0.2) is 9.38 Å². The van der Waals surface area contributed by atoms with Crippen LogP contribution in [0.25, 0.3) is 5.70 Å². The van der Waals surface area contributed by atoms with Crippen LogP contribution in [0, 0.1) is 5.82 Å². The molecule has 2 N–H and O–H groups in total. The van der Waals surface area contributed by atoms with Gasteiger partial charge >= 0.3 is 0 Å². The van der Waals surface area contributed by atoms with Crippen molar-refractivity contribution in [2.75, 3.05) is 5.75 Å². The lowest BCUT2D eigenvalue weighted by Crippen LogP contribution is -2.10. The van der Waals surface area contributed by atoms with Crippen molar-refractivity contribution >= 4 is 22.6 Å². The van der Waals surface area contributed by atoms with Crippen LogP contribution >= 0.6 is 11.8 Å². The molecule has 72 valence electrons. The van der Waals surface area contributed by atoms with Crippen molar-refractivity contribution in [1.82, 2.24) is 0 Å². The van der Waals surface area contributed by atoms with Gasteiger partial charge in [-0.15, -0.1) is 0 Å². The van der Waals surface area contributed by atoms with Gasteiger partial charge in [0.05, 0.1) is 5.70 Å². The Morgan fingerprint density at radius 1 is 1.43 bits per heavy atom. The Kier molecular flexibility index (Phi) is 2.54. The zero-order valence-corrected chi connectivity index (χ0v) is 8.22. The van der Waals surface area contributed by atoms with Gasteiger partial charge < -0.3 is 5.73 Å². The van der Waals surface area contributed by atoms with Crippen molar-refractivity contribution in [2.24, 2.45) is 10.7 Å². The van der Waals surface area contributed by atoms with Gasteiger partial charge in [-0.2, -0.15) is 0 Å².